The second-order valence-corrected chi connectivity index (χ2v) is 6.41. The zero-order valence-electron chi connectivity index (χ0n) is 12.2. The zero-order valence-corrected chi connectivity index (χ0v) is 13.8. The third-order valence-corrected chi connectivity index (χ3v) is 4.96. The van der Waals surface area contributed by atoms with Gasteiger partial charge < -0.3 is 14.8 Å². The van der Waals surface area contributed by atoms with Gasteiger partial charge in [0.25, 0.3) is 0 Å². The summed E-state index contributed by atoms with van der Waals surface area (Å²) in [6.07, 6.45) is 3.57. The fourth-order valence-corrected chi connectivity index (χ4v) is 3.41. The SMILES string of the molecule is CN1CC(Nc2ncc3oc(C#N)cc3c2Br)CCC1CO. The lowest BCUT2D eigenvalue weighted by Gasteiger charge is -2.36. The number of aromatic nitrogens is 1. The first-order valence-electron chi connectivity index (χ1n) is 7.18. The molecule has 1 saturated heterocycles. The van der Waals surface area contributed by atoms with Gasteiger partial charge in [-0.15, -0.1) is 0 Å². The maximum atomic E-state index is 9.31. The van der Waals surface area contributed by atoms with E-state index in [0.717, 1.165) is 35.1 Å². The normalized spacial score (nSPS) is 22.6. The summed E-state index contributed by atoms with van der Waals surface area (Å²) in [5.41, 5.74) is 0.593. The smallest absolute Gasteiger partial charge is 0.204 e. The van der Waals surface area contributed by atoms with Gasteiger partial charge in [0.2, 0.25) is 5.76 Å². The van der Waals surface area contributed by atoms with Gasteiger partial charge in [0.05, 0.1) is 17.3 Å². The van der Waals surface area contributed by atoms with Crippen molar-refractivity contribution in [1.82, 2.24) is 9.88 Å². The number of anilines is 1. The van der Waals surface area contributed by atoms with E-state index in [9.17, 15) is 5.11 Å². The number of halogens is 1. The maximum Gasteiger partial charge on any atom is 0.204 e. The maximum absolute atomic E-state index is 9.31. The van der Waals surface area contributed by atoms with E-state index in [4.69, 9.17) is 9.68 Å². The van der Waals surface area contributed by atoms with E-state index >= 15 is 0 Å². The van der Waals surface area contributed by atoms with Crippen LogP contribution in [0.5, 0.6) is 0 Å². The van der Waals surface area contributed by atoms with Gasteiger partial charge in [-0.2, -0.15) is 5.26 Å². The van der Waals surface area contributed by atoms with Crippen LogP contribution >= 0.6 is 15.9 Å². The van der Waals surface area contributed by atoms with Crippen molar-refractivity contribution in [3.05, 3.63) is 22.5 Å². The van der Waals surface area contributed by atoms with Crippen LogP contribution < -0.4 is 5.32 Å². The van der Waals surface area contributed by atoms with Crippen molar-refractivity contribution in [2.24, 2.45) is 0 Å². The number of rotatable bonds is 3. The van der Waals surface area contributed by atoms with Crippen molar-refractivity contribution >= 4 is 32.7 Å². The van der Waals surface area contributed by atoms with Crippen LogP contribution in [0, 0.1) is 11.3 Å². The molecule has 22 heavy (non-hydrogen) atoms. The van der Waals surface area contributed by atoms with Crippen LogP contribution in [0.25, 0.3) is 11.0 Å². The van der Waals surface area contributed by atoms with Gasteiger partial charge in [-0.3, -0.25) is 4.90 Å². The van der Waals surface area contributed by atoms with Gasteiger partial charge >= 0.3 is 0 Å². The monoisotopic (exact) mass is 364 g/mol. The number of likely N-dealkylation sites (N-methyl/N-ethyl adjacent to an activating group) is 1. The average molecular weight is 365 g/mol. The van der Waals surface area contributed by atoms with E-state index in [1.54, 1.807) is 12.3 Å². The van der Waals surface area contributed by atoms with E-state index in [-0.39, 0.29) is 24.5 Å². The molecule has 1 aliphatic rings. The largest absolute Gasteiger partial charge is 0.444 e. The summed E-state index contributed by atoms with van der Waals surface area (Å²) in [7, 11) is 2.02. The first kappa shape index (κ1) is 15.3. The van der Waals surface area contributed by atoms with E-state index in [2.05, 4.69) is 31.1 Å². The Morgan fingerprint density at radius 1 is 1.59 bits per heavy atom. The standard InChI is InChI=1S/C15H17BrN4O2/c1-20-7-9(2-3-10(20)8-21)19-15-14(16)12-4-11(5-17)22-13(12)6-18-15/h4,6,9-10,21H,2-3,7-8H2,1H3,(H,18,19). The highest BCUT2D eigenvalue weighted by molar-refractivity contribution is 9.10. The van der Waals surface area contributed by atoms with Crippen LogP contribution in [0.15, 0.2) is 21.2 Å². The van der Waals surface area contributed by atoms with Crippen molar-refractivity contribution in [1.29, 1.82) is 5.26 Å². The van der Waals surface area contributed by atoms with Gasteiger partial charge in [-0.1, -0.05) is 0 Å². The minimum atomic E-state index is 0.197. The second kappa shape index (κ2) is 6.24. The summed E-state index contributed by atoms with van der Waals surface area (Å²) in [4.78, 5) is 6.55. The minimum Gasteiger partial charge on any atom is -0.444 e. The van der Waals surface area contributed by atoms with E-state index in [1.807, 2.05) is 13.1 Å². The van der Waals surface area contributed by atoms with Crippen molar-refractivity contribution in [3.63, 3.8) is 0 Å². The first-order valence-corrected chi connectivity index (χ1v) is 7.97. The molecule has 2 atom stereocenters. The lowest BCUT2D eigenvalue weighted by atomic mass is 9.99. The summed E-state index contributed by atoms with van der Waals surface area (Å²) in [5.74, 6) is 1.02. The second-order valence-electron chi connectivity index (χ2n) is 5.62. The van der Waals surface area contributed by atoms with Gasteiger partial charge in [0.15, 0.2) is 5.58 Å². The number of likely N-dealkylation sites (tertiary alicyclic amines) is 1. The van der Waals surface area contributed by atoms with Gasteiger partial charge in [-0.05, 0) is 35.8 Å². The molecule has 7 heteroatoms. The molecule has 6 nitrogen and oxygen atoms in total. The molecule has 2 aromatic rings. The quantitative estimate of drug-likeness (QED) is 0.869. The molecule has 3 rings (SSSR count). The number of nitrogens with one attached hydrogen (secondary N) is 1. The first-order chi connectivity index (χ1) is 10.6. The molecule has 0 spiro atoms. The third-order valence-electron chi connectivity index (χ3n) is 4.16. The number of aliphatic hydroxyl groups excluding tert-OH is 1. The number of furan rings is 1. The fourth-order valence-electron chi connectivity index (χ4n) is 2.88. The van der Waals surface area contributed by atoms with Crippen LogP contribution in [0.2, 0.25) is 0 Å². The predicted molar refractivity (Wildman–Crippen MR) is 86.6 cm³/mol. The lowest BCUT2D eigenvalue weighted by Crippen LogP contribution is -2.47. The Kier molecular flexibility index (Phi) is 4.34. The van der Waals surface area contributed by atoms with E-state index in [0.29, 0.717) is 5.58 Å². The predicted octanol–water partition coefficient (Wildman–Crippen LogP) is 2.33. The Bertz CT molecular complexity index is 724. The Morgan fingerprint density at radius 2 is 2.41 bits per heavy atom. The van der Waals surface area contributed by atoms with Gasteiger partial charge in [0, 0.05) is 30.1 Å². The zero-order chi connectivity index (χ0) is 15.7. The van der Waals surface area contributed by atoms with Crippen LogP contribution in [0.1, 0.15) is 18.6 Å². The molecule has 1 fully saturated rings. The van der Waals surface area contributed by atoms with Crippen molar-refractivity contribution < 1.29 is 9.52 Å². The number of hydrogen-bond donors (Lipinski definition) is 2. The highest BCUT2D eigenvalue weighted by Gasteiger charge is 2.25. The van der Waals surface area contributed by atoms with Crippen molar-refractivity contribution in [2.45, 2.75) is 24.9 Å². The molecule has 0 radical (unpaired) electrons. The molecule has 0 aromatic carbocycles. The molecule has 0 aliphatic carbocycles. The Hall–Kier alpha value is -1.62. The molecule has 116 valence electrons. The van der Waals surface area contributed by atoms with Crippen LogP contribution in [0.4, 0.5) is 5.82 Å². The molecule has 3 heterocycles. The van der Waals surface area contributed by atoms with Crippen molar-refractivity contribution in [3.8, 4) is 6.07 Å². The Morgan fingerprint density at radius 3 is 3.09 bits per heavy atom. The molecular formula is C15H17BrN4O2. The average Bonchev–Trinajstić information content (AvgIpc) is 2.94. The molecule has 0 bridgehead atoms. The topological polar surface area (TPSA) is 85.3 Å². The Balaban J connectivity index is 1.80. The highest BCUT2D eigenvalue weighted by Crippen LogP contribution is 2.32. The summed E-state index contributed by atoms with van der Waals surface area (Å²) in [6, 6.07) is 4.22. The number of aliphatic hydroxyl groups is 1. The summed E-state index contributed by atoms with van der Waals surface area (Å²) in [6.45, 7) is 1.05. The number of pyridine rings is 1. The molecule has 1 aliphatic heterocycles. The molecule has 0 amide bonds. The summed E-state index contributed by atoms with van der Waals surface area (Å²) in [5, 5.41) is 22.5. The number of piperidine rings is 1. The van der Waals surface area contributed by atoms with E-state index in [1.165, 1.54) is 0 Å². The van der Waals surface area contributed by atoms with Crippen LogP contribution in [-0.4, -0.2) is 47.3 Å². The summed E-state index contributed by atoms with van der Waals surface area (Å²) < 4.78 is 6.18. The molecule has 2 unspecified atom stereocenters. The van der Waals surface area contributed by atoms with Gasteiger partial charge in [0.1, 0.15) is 11.9 Å². The number of nitriles is 1. The fraction of sp³-hybridized carbons (Fsp3) is 0.467. The number of hydrogen-bond acceptors (Lipinski definition) is 6. The van der Waals surface area contributed by atoms with Crippen LogP contribution in [-0.2, 0) is 0 Å². The molecule has 2 N–H and O–H groups in total. The van der Waals surface area contributed by atoms with Crippen LogP contribution in [0.3, 0.4) is 0 Å². The lowest BCUT2D eigenvalue weighted by molar-refractivity contribution is 0.108. The molecule has 0 saturated carbocycles. The number of nitrogens with zero attached hydrogens (tertiary/aromatic N) is 3. The molecule has 2 aromatic heterocycles. The summed E-state index contributed by atoms with van der Waals surface area (Å²) >= 11 is 3.54. The Labute approximate surface area is 136 Å². The number of fused-ring (bicyclic) bond motifs is 1. The van der Waals surface area contributed by atoms with Gasteiger partial charge in [-0.25, -0.2) is 4.98 Å². The third kappa shape index (κ3) is 2.82. The van der Waals surface area contributed by atoms with E-state index < -0.39 is 0 Å². The molecular weight excluding hydrogens is 348 g/mol. The minimum absolute atomic E-state index is 0.197. The van der Waals surface area contributed by atoms with Crippen molar-refractivity contribution in [2.75, 3.05) is 25.5 Å². The highest BCUT2D eigenvalue weighted by atomic mass is 79.9.